The first-order valence-corrected chi connectivity index (χ1v) is 9.65. The van der Waals surface area contributed by atoms with Gasteiger partial charge in [-0.05, 0) is 65.0 Å². The van der Waals surface area contributed by atoms with Crippen molar-refractivity contribution in [2.75, 3.05) is 13.1 Å². The van der Waals surface area contributed by atoms with Crippen LogP contribution in [0.3, 0.4) is 0 Å². The molecule has 3 rings (SSSR count). The molecule has 1 saturated heterocycles. The number of hydrogen-bond acceptors (Lipinski definition) is 4. The molecule has 1 fully saturated rings. The molecule has 0 aliphatic carbocycles. The van der Waals surface area contributed by atoms with Gasteiger partial charge in [-0.15, -0.1) is 0 Å². The Labute approximate surface area is 162 Å². The second kappa shape index (κ2) is 8.18. The van der Waals surface area contributed by atoms with Crippen molar-refractivity contribution in [1.82, 2.24) is 15.2 Å². The molecule has 1 amide bonds. The van der Waals surface area contributed by atoms with E-state index < -0.39 is 0 Å². The molecule has 6 heteroatoms. The predicted octanol–water partition coefficient (Wildman–Crippen LogP) is 3.50. The van der Waals surface area contributed by atoms with E-state index in [1.807, 2.05) is 31.3 Å². The molecular formula is C20H24BrN3O2. The minimum atomic E-state index is -0.220. The first-order valence-electron chi connectivity index (χ1n) is 8.86. The third kappa shape index (κ3) is 4.43. The zero-order valence-electron chi connectivity index (χ0n) is 15.1. The number of aryl methyl sites for hydroxylation is 1. The van der Waals surface area contributed by atoms with Crippen molar-refractivity contribution < 1.29 is 9.90 Å². The van der Waals surface area contributed by atoms with Crippen molar-refractivity contribution >= 4 is 21.8 Å². The summed E-state index contributed by atoms with van der Waals surface area (Å²) in [6.45, 7) is 6.71. The number of likely N-dealkylation sites (tertiary alicyclic amines) is 1. The fourth-order valence-electron chi connectivity index (χ4n) is 3.46. The summed E-state index contributed by atoms with van der Waals surface area (Å²) in [5.41, 5.74) is 2.31. The fraction of sp³-hybridized carbons (Fsp3) is 0.400. The minimum Gasteiger partial charge on any atom is -0.506 e. The minimum absolute atomic E-state index is 0.00617. The topological polar surface area (TPSA) is 65.5 Å². The van der Waals surface area contributed by atoms with Gasteiger partial charge >= 0.3 is 0 Å². The molecule has 0 spiro atoms. The molecule has 0 radical (unpaired) electrons. The first kappa shape index (κ1) is 18.9. The van der Waals surface area contributed by atoms with Gasteiger partial charge in [0.15, 0.2) is 0 Å². The second-order valence-corrected chi connectivity index (χ2v) is 7.90. The number of pyridine rings is 1. The molecule has 1 aliphatic rings. The predicted molar refractivity (Wildman–Crippen MR) is 105 cm³/mol. The number of benzene rings is 1. The molecule has 0 saturated carbocycles. The average molecular weight is 418 g/mol. The third-order valence-electron chi connectivity index (χ3n) is 4.87. The van der Waals surface area contributed by atoms with Crippen LogP contribution in [-0.2, 0) is 6.54 Å². The van der Waals surface area contributed by atoms with Crippen molar-refractivity contribution in [3.8, 4) is 5.75 Å². The number of carbonyl (C=O) groups is 1. The monoisotopic (exact) mass is 417 g/mol. The largest absolute Gasteiger partial charge is 0.506 e. The zero-order valence-corrected chi connectivity index (χ0v) is 16.7. The van der Waals surface area contributed by atoms with Gasteiger partial charge in [0.25, 0.3) is 5.91 Å². The average Bonchev–Trinajstić information content (AvgIpc) is 2.61. The highest BCUT2D eigenvalue weighted by atomic mass is 79.9. The van der Waals surface area contributed by atoms with Gasteiger partial charge in [-0.3, -0.25) is 14.7 Å². The van der Waals surface area contributed by atoms with E-state index in [0.717, 1.165) is 37.3 Å². The quantitative estimate of drug-likeness (QED) is 0.798. The molecule has 2 atom stereocenters. The maximum Gasteiger partial charge on any atom is 0.255 e. The van der Waals surface area contributed by atoms with Gasteiger partial charge in [-0.2, -0.15) is 0 Å². The number of hydrogen-bond donors (Lipinski definition) is 2. The van der Waals surface area contributed by atoms with E-state index in [4.69, 9.17) is 0 Å². The summed E-state index contributed by atoms with van der Waals surface area (Å²) in [5, 5.41) is 13.3. The van der Waals surface area contributed by atoms with Crippen LogP contribution in [0.5, 0.6) is 5.75 Å². The lowest BCUT2D eigenvalue weighted by atomic mass is 9.93. The number of aromatic hydroxyl groups is 1. The highest BCUT2D eigenvalue weighted by molar-refractivity contribution is 9.10. The van der Waals surface area contributed by atoms with Crippen molar-refractivity contribution in [1.29, 1.82) is 0 Å². The van der Waals surface area contributed by atoms with Crippen LogP contribution in [0.4, 0.5) is 0 Å². The lowest BCUT2D eigenvalue weighted by molar-refractivity contribution is 0.0856. The molecule has 2 heterocycles. The number of carbonyl (C=O) groups excluding carboxylic acids is 1. The SMILES string of the molecule is Cc1cc(Br)c(O)c(C(=O)NC2CCN(Cc3ccccn3)CC2C)c1. The van der Waals surface area contributed by atoms with Gasteiger partial charge in [0.2, 0.25) is 0 Å². The Morgan fingerprint density at radius 3 is 2.92 bits per heavy atom. The summed E-state index contributed by atoms with van der Waals surface area (Å²) < 4.78 is 0.542. The van der Waals surface area contributed by atoms with Gasteiger partial charge in [0.1, 0.15) is 5.75 Å². The number of phenols is 1. The Morgan fingerprint density at radius 2 is 2.23 bits per heavy atom. The standard InChI is InChI=1S/C20H24BrN3O2/c1-13-9-16(19(25)17(21)10-13)20(26)23-18-6-8-24(11-14(18)2)12-15-5-3-4-7-22-15/h3-5,7,9-10,14,18,25H,6,8,11-12H2,1-2H3,(H,23,26). The van der Waals surface area contributed by atoms with E-state index in [1.54, 1.807) is 12.1 Å². The van der Waals surface area contributed by atoms with Crippen molar-refractivity contribution in [3.63, 3.8) is 0 Å². The molecule has 1 aromatic carbocycles. The molecule has 1 aromatic heterocycles. The molecule has 0 bridgehead atoms. The Hall–Kier alpha value is -1.92. The van der Waals surface area contributed by atoms with Crippen molar-refractivity contribution in [3.05, 3.63) is 57.8 Å². The van der Waals surface area contributed by atoms with Crippen molar-refractivity contribution in [2.45, 2.75) is 32.9 Å². The summed E-state index contributed by atoms with van der Waals surface area (Å²) in [4.78, 5) is 19.4. The van der Waals surface area contributed by atoms with Crippen LogP contribution >= 0.6 is 15.9 Å². The van der Waals surface area contributed by atoms with Gasteiger partial charge in [-0.1, -0.05) is 13.0 Å². The van der Waals surface area contributed by atoms with Crippen LogP contribution in [0.2, 0.25) is 0 Å². The van der Waals surface area contributed by atoms with E-state index in [0.29, 0.717) is 16.0 Å². The van der Waals surface area contributed by atoms with Gasteiger partial charge < -0.3 is 10.4 Å². The van der Waals surface area contributed by atoms with E-state index in [-0.39, 0.29) is 17.7 Å². The first-order chi connectivity index (χ1) is 12.4. The number of nitrogens with one attached hydrogen (secondary N) is 1. The van der Waals surface area contributed by atoms with E-state index >= 15 is 0 Å². The number of halogens is 1. The van der Waals surface area contributed by atoms with Crippen LogP contribution in [0.1, 0.15) is 35.0 Å². The Kier molecular flexibility index (Phi) is 5.94. The van der Waals surface area contributed by atoms with Gasteiger partial charge in [0, 0.05) is 31.9 Å². The molecule has 2 aromatic rings. The molecule has 1 aliphatic heterocycles. The lowest BCUT2D eigenvalue weighted by Crippen LogP contribution is -2.49. The van der Waals surface area contributed by atoms with E-state index in [2.05, 4.69) is 38.1 Å². The van der Waals surface area contributed by atoms with Crippen molar-refractivity contribution in [2.24, 2.45) is 5.92 Å². The summed E-state index contributed by atoms with van der Waals surface area (Å²) in [5.74, 6) is 0.0991. The molecular weight excluding hydrogens is 394 g/mol. The molecule has 26 heavy (non-hydrogen) atoms. The maximum absolute atomic E-state index is 12.6. The third-order valence-corrected chi connectivity index (χ3v) is 5.47. The smallest absolute Gasteiger partial charge is 0.255 e. The fourth-order valence-corrected chi connectivity index (χ4v) is 4.04. The van der Waals surface area contributed by atoms with Crippen LogP contribution in [-0.4, -0.2) is 40.0 Å². The van der Waals surface area contributed by atoms with Crippen LogP contribution in [0.15, 0.2) is 41.0 Å². The Bertz CT molecular complexity index is 782. The lowest BCUT2D eigenvalue weighted by Gasteiger charge is -2.37. The molecule has 2 unspecified atom stereocenters. The number of phenolic OH excluding ortho intramolecular Hbond substituents is 1. The van der Waals surface area contributed by atoms with Gasteiger partial charge in [0.05, 0.1) is 15.7 Å². The number of nitrogens with zero attached hydrogens (tertiary/aromatic N) is 2. The Balaban J connectivity index is 1.61. The summed E-state index contributed by atoms with van der Waals surface area (Å²) in [6, 6.07) is 9.58. The van der Waals surface area contributed by atoms with E-state index in [9.17, 15) is 9.90 Å². The van der Waals surface area contributed by atoms with Crippen LogP contribution in [0.25, 0.3) is 0 Å². The van der Waals surface area contributed by atoms with Gasteiger partial charge in [-0.25, -0.2) is 0 Å². The number of piperidine rings is 1. The summed E-state index contributed by atoms with van der Waals surface area (Å²) >= 11 is 3.30. The number of aromatic nitrogens is 1. The summed E-state index contributed by atoms with van der Waals surface area (Å²) in [6.07, 6.45) is 2.70. The highest BCUT2D eigenvalue weighted by Crippen LogP contribution is 2.29. The van der Waals surface area contributed by atoms with Crippen LogP contribution < -0.4 is 5.32 Å². The molecule has 5 nitrogen and oxygen atoms in total. The zero-order chi connectivity index (χ0) is 18.7. The number of rotatable bonds is 4. The molecule has 138 valence electrons. The second-order valence-electron chi connectivity index (χ2n) is 7.05. The maximum atomic E-state index is 12.6. The van der Waals surface area contributed by atoms with Crippen LogP contribution in [0, 0.1) is 12.8 Å². The highest BCUT2D eigenvalue weighted by Gasteiger charge is 2.28. The summed E-state index contributed by atoms with van der Waals surface area (Å²) in [7, 11) is 0. The Morgan fingerprint density at radius 1 is 1.42 bits per heavy atom. The number of amides is 1. The normalized spacial score (nSPS) is 20.7. The molecule has 2 N–H and O–H groups in total. The van der Waals surface area contributed by atoms with E-state index in [1.165, 1.54) is 0 Å².